The Hall–Kier alpha value is -2.97. The van der Waals surface area contributed by atoms with E-state index < -0.39 is 5.60 Å². The summed E-state index contributed by atoms with van der Waals surface area (Å²) in [4.78, 5) is 26.4. The fourth-order valence-corrected chi connectivity index (χ4v) is 3.84. The van der Waals surface area contributed by atoms with Crippen LogP contribution < -0.4 is 10.1 Å². The average molecular weight is 370 g/mol. The molecule has 142 valence electrons. The van der Waals surface area contributed by atoms with Gasteiger partial charge in [-0.25, -0.2) is 4.68 Å². The summed E-state index contributed by atoms with van der Waals surface area (Å²) >= 11 is 0. The molecule has 4 rings (SSSR count). The van der Waals surface area contributed by atoms with Crippen molar-refractivity contribution in [2.24, 2.45) is 0 Å². The number of nitrogens with zero attached hydrogens (tertiary/aromatic N) is 5. The van der Waals surface area contributed by atoms with Gasteiger partial charge in [-0.15, -0.1) is 5.10 Å². The number of carbonyl (C=O) groups is 2. The van der Waals surface area contributed by atoms with Gasteiger partial charge in [0.1, 0.15) is 24.2 Å². The summed E-state index contributed by atoms with van der Waals surface area (Å²) in [6.07, 6.45) is 3.87. The van der Waals surface area contributed by atoms with Crippen molar-refractivity contribution in [1.29, 1.82) is 0 Å². The topological polar surface area (TPSA) is 102 Å². The van der Waals surface area contributed by atoms with Gasteiger partial charge < -0.3 is 15.0 Å². The molecule has 1 fully saturated rings. The van der Waals surface area contributed by atoms with E-state index in [4.69, 9.17) is 4.74 Å². The van der Waals surface area contributed by atoms with Gasteiger partial charge >= 0.3 is 0 Å². The number of carbonyl (C=O) groups excluding carboxylic acids is 2. The lowest BCUT2D eigenvalue weighted by Gasteiger charge is -2.42. The Morgan fingerprint density at radius 1 is 1.37 bits per heavy atom. The first-order valence-electron chi connectivity index (χ1n) is 9.07. The Balaban J connectivity index is 1.56. The Kier molecular flexibility index (Phi) is 4.51. The molecule has 1 saturated heterocycles. The largest absolute Gasteiger partial charge is 0.487 e. The number of tetrazole rings is 1. The van der Waals surface area contributed by atoms with Crippen LogP contribution in [0, 0.1) is 0 Å². The van der Waals surface area contributed by atoms with Crippen LogP contribution in [0.15, 0.2) is 30.6 Å². The maximum Gasteiger partial charge on any atom is 0.242 e. The summed E-state index contributed by atoms with van der Waals surface area (Å²) in [5.41, 5.74) is 0.499. The van der Waals surface area contributed by atoms with Gasteiger partial charge in [-0.3, -0.25) is 9.59 Å². The van der Waals surface area contributed by atoms with Crippen molar-refractivity contribution >= 4 is 11.8 Å². The molecule has 9 nitrogen and oxygen atoms in total. The van der Waals surface area contributed by atoms with Gasteiger partial charge in [-0.05, 0) is 22.9 Å². The van der Waals surface area contributed by atoms with Crippen molar-refractivity contribution < 1.29 is 14.3 Å². The van der Waals surface area contributed by atoms with Crippen molar-refractivity contribution in [2.45, 2.75) is 43.9 Å². The quantitative estimate of drug-likeness (QED) is 0.853. The Bertz CT molecular complexity index is 839. The molecule has 2 aromatic rings. The number of rotatable bonds is 3. The van der Waals surface area contributed by atoms with E-state index in [1.807, 2.05) is 31.3 Å². The summed E-state index contributed by atoms with van der Waals surface area (Å²) < 4.78 is 7.77. The fraction of sp³-hybridized carbons (Fsp3) is 0.500. The number of likely N-dealkylation sites (tertiary alicyclic amines) is 1. The zero-order valence-corrected chi connectivity index (χ0v) is 15.2. The van der Waals surface area contributed by atoms with E-state index in [-0.39, 0.29) is 24.4 Å². The molecular weight excluding hydrogens is 348 g/mol. The molecule has 0 saturated carbocycles. The molecule has 2 amide bonds. The maximum atomic E-state index is 12.5. The molecule has 2 atom stereocenters. The molecule has 9 heteroatoms. The molecule has 0 aliphatic carbocycles. The summed E-state index contributed by atoms with van der Waals surface area (Å²) in [5, 5.41) is 13.9. The van der Waals surface area contributed by atoms with Crippen LogP contribution in [0.3, 0.4) is 0 Å². The number of amides is 2. The minimum Gasteiger partial charge on any atom is -0.487 e. The number of fused-ring (bicyclic) bond motifs is 1. The standard InChI is InChI=1S/C18H22N6O3/c1-23-9-8-18(7-6-17(23)26)10-14(13-4-2-3-5-15(13)27-18)20-16(25)11-24-12-19-21-22-24/h2-5,12,14H,6-11H2,1H3,(H,20,25)/t14-,18+/m0/s1. The first kappa shape index (κ1) is 17.4. The highest BCUT2D eigenvalue weighted by molar-refractivity contribution is 5.77. The molecule has 2 aliphatic rings. The predicted octanol–water partition coefficient (Wildman–Crippen LogP) is 0.694. The third-order valence-corrected chi connectivity index (χ3v) is 5.35. The van der Waals surface area contributed by atoms with E-state index in [2.05, 4.69) is 20.8 Å². The predicted molar refractivity (Wildman–Crippen MR) is 94.6 cm³/mol. The number of benzene rings is 1. The van der Waals surface area contributed by atoms with Crippen molar-refractivity contribution in [2.75, 3.05) is 13.6 Å². The molecular formula is C18H22N6O3. The first-order valence-corrected chi connectivity index (χ1v) is 9.07. The first-order chi connectivity index (χ1) is 13.0. The van der Waals surface area contributed by atoms with Crippen LogP contribution in [0.1, 0.15) is 37.3 Å². The normalized spacial score (nSPS) is 24.9. The van der Waals surface area contributed by atoms with Crippen LogP contribution in [0.25, 0.3) is 0 Å². The highest BCUT2D eigenvalue weighted by Crippen LogP contribution is 2.44. The summed E-state index contributed by atoms with van der Waals surface area (Å²) in [6.45, 7) is 0.701. The number of ether oxygens (including phenoxy) is 1. The number of hydrogen-bond acceptors (Lipinski definition) is 6. The minimum absolute atomic E-state index is 0.0563. The van der Waals surface area contributed by atoms with E-state index in [0.29, 0.717) is 25.8 Å². The van der Waals surface area contributed by atoms with Crippen molar-refractivity contribution in [3.05, 3.63) is 36.2 Å². The fourth-order valence-electron chi connectivity index (χ4n) is 3.84. The molecule has 3 heterocycles. The molecule has 1 spiro atoms. The van der Waals surface area contributed by atoms with E-state index >= 15 is 0 Å². The van der Waals surface area contributed by atoms with Crippen LogP contribution in [-0.4, -0.2) is 56.1 Å². The third kappa shape index (κ3) is 3.62. The number of hydrogen-bond donors (Lipinski definition) is 1. The molecule has 0 bridgehead atoms. The monoisotopic (exact) mass is 370 g/mol. The van der Waals surface area contributed by atoms with Gasteiger partial charge in [-0.2, -0.15) is 0 Å². The second kappa shape index (κ2) is 6.98. The number of nitrogens with one attached hydrogen (secondary N) is 1. The minimum atomic E-state index is -0.457. The lowest BCUT2D eigenvalue weighted by Crippen LogP contribution is -2.46. The molecule has 27 heavy (non-hydrogen) atoms. The van der Waals surface area contributed by atoms with Gasteiger partial charge in [0.15, 0.2) is 0 Å². The van der Waals surface area contributed by atoms with Gasteiger partial charge in [0.25, 0.3) is 0 Å². The second-order valence-electron chi connectivity index (χ2n) is 7.22. The SMILES string of the molecule is CN1CC[C@]2(CCC1=O)C[C@H](NC(=O)Cn1cnnn1)c1ccccc1O2. The zero-order chi connectivity index (χ0) is 18.9. The molecule has 1 aromatic heterocycles. The Morgan fingerprint density at radius 3 is 3.04 bits per heavy atom. The highest BCUT2D eigenvalue weighted by atomic mass is 16.5. The molecule has 1 N–H and O–H groups in total. The number of aromatic nitrogens is 4. The maximum absolute atomic E-state index is 12.5. The van der Waals surface area contributed by atoms with Crippen LogP contribution in [0.2, 0.25) is 0 Å². The van der Waals surface area contributed by atoms with Crippen LogP contribution in [0.4, 0.5) is 0 Å². The third-order valence-electron chi connectivity index (χ3n) is 5.35. The van der Waals surface area contributed by atoms with E-state index in [9.17, 15) is 9.59 Å². The van der Waals surface area contributed by atoms with Crippen LogP contribution in [0.5, 0.6) is 5.75 Å². The van der Waals surface area contributed by atoms with Gasteiger partial charge in [0.2, 0.25) is 11.8 Å². The summed E-state index contributed by atoms with van der Waals surface area (Å²) in [5.74, 6) is 0.739. The summed E-state index contributed by atoms with van der Waals surface area (Å²) in [7, 11) is 1.82. The van der Waals surface area contributed by atoms with Crippen molar-refractivity contribution in [1.82, 2.24) is 30.4 Å². The Morgan fingerprint density at radius 2 is 2.22 bits per heavy atom. The van der Waals surface area contributed by atoms with Crippen LogP contribution >= 0.6 is 0 Å². The molecule has 1 aromatic carbocycles. The molecule has 2 aliphatic heterocycles. The van der Waals surface area contributed by atoms with Crippen molar-refractivity contribution in [3.63, 3.8) is 0 Å². The Labute approximate surface area is 156 Å². The lowest BCUT2D eigenvalue weighted by molar-refractivity contribution is -0.129. The smallest absolute Gasteiger partial charge is 0.242 e. The van der Waals surface area contributed by atoms with Gasteiger partial charge in [-0.1, -0.05) is 18.2 Å². The molecule has 0 radical (unpaired) electrons. The van der Waals surface area contributed by atoms with E-state index in [0.717, 1.165) is 17.7 Å². The number of para-hydroxylation sites is 1. The van der Waals surface area contributed by atoms with E-state index in [1.54, 1.807) is 4.90 Å². The van der Waals surface area contributed by atoms with E-state index in [1.165, 1.54) is 11.0 Å². The van der Waals surface area contributed by atoms with Crippen molar-refractivity contribution in [3.8, 4) is 5.75 Å². The second-order valence-corrected chi connectivity index (χ2v) is 7.22. The zero-order valence-electron chi connectivity index (χ0n) is 15.2. The lowest BCUT2D eigenvalue weighted by atomic mass is 9.82. The highest BCUT2D eigenvalue weighted by Gasteiger charge is 2.43. The average Bonchev–Trinajstić information content (AvgIpc) is 3.12. The molecule has 0 unspecified atom stereocenters. The van der Waals surface area contributed by atoms with Gasteiger partial charge in [0.05, 0.1) is 6.04 Å². The van der Waals surface area contributed by atoms with Gasteiger partial charge in [0, 0.05) is 38.4 Å². The summed E-state index contributed by atoms with van der Waals surface area (Å²) in [6, 6.07) is 7.57. The van der Waals surface area contributed by atoms with Crippen LogP contribution in [-0.2, 0) is 16.1 Å².